The van der Waals surface area contributed by atoms with Gasteiger partial charge in [-0.3, -0.25) is 4.79 Å². The zero-order chi connectivity index (χ0) is 14.2. The zero-order valence-corrected chi connectivity index (χ0v) is 11.3. The summed E-state index contributed by atoms with van der Waals surface area (Å²) >= 11 is 0. The SMILES string of the molecule is C[C@]1(O)C[C@H](c2ccoc2)N(Cc2ccccc2)C1=O. The summed E-state index contributed by atoms with van der Waals surface area (Å²) in [5.41, 5.74) is 0.663. The van der Waals surface area contributed by atoms with Crippen molar-refractivity contribution in [1.29, 1.82) is 0 Å². The molecular weight excluding hydrogens is 254 g/mol. The second kappa shape index (κ2) is 4.80. The molecule has 0 saturated carbocycles. The fourth-order valence-corrected chi connectivity index (χ4v) is 2.75. The maximum Gasteiger partial charge on any atom is 0.255 e. The van der Waals surface area contributed by atoms with E-state index in [1.165, 1.54) is 0 Å². The number of nitrogens with zero attached hydrogens (tertiary/aromatic N) is 1. The van der Waals surface area contributed by atoms with Gasteiger partial charge < -0.3 is 14.4 Å². The van der Waals surface area contributed by atoms with E-state index in [-0.39, 0.29) is 11.9 Å². The highest BCUT2D eigenvalue weighted by atomic mass is 16.3. The van der Waals surface area contributed by atoms with Gasteiger partial charge in [-0.1, -0.05) is 30.3 Å². The van der Waals surface area contributed by atoms with Crippen LogP contribution in [0.2, 0.25) is 0 Å². The van der Waals surface area contributed by atoms with Crippen molar-refractivity contribution in [3.8, 4) is 0 Å². The minimum absolute atomic E-state index is 0.142. The standard InChI is InChI=1S/C16H17NO3/c1-16(19)9-14(13-7-8-20-11-13)17(15(16)18)10-12-5-3-2-4-6-12/h2-8,11,14,19H,9-10H2,1H3/t14-,16+/m1/s1. The van der Waals surface area contributed by atoms with Crippen molar-refractivity contribution in [2.24, 2.45) is 0 Å². The van der Waals surface area contributed by atoms with E-state index in [0.717, 1.165) is 11.1 Å². The lowest BCUT2D eigenvalue weighted by Crippen LogP contribution is -2.37. The molecule has 4 heteroatoms. The summed E-state index contributed by atoms with van der Waals surface area (Å²) < 4.78 is 5.11. The quantitative estimate of drug-likeness (QED) is 0.933. The van der Waals surface area contributed by atoms with Crippen molar-refractivity contribution < 1.29 is 14.3 Å². The lowest BCUT2D eigenvalue weighted by atomic mass is 9.99. The van der Waals surface area contributed by atoms with Gasteiger partial charge in [0.2, 0.25) is 0 Å². The maximum absolute atomic E-state index is 12.4. The molecule has 1 amide bonds. The molecule has 1 aliphatic rings. The second-order valence-electron chi connectivity index (χ2n) is 5.47. The van der Waals surface area contributed by atoms with Crippen LogP contribution in [-0.4, -0.2) is 21.5 Å². The van der Waals surface area contributed by atoms with Gasteiger partial charge >= 0.3 is 0 Å². The van der Waals surface area contributed by atoms with Gasteiger partial charge in [0.15, 0.2) is 0 Å². The predicted molar refractivity (Wildman–Crippen MR) is 73.7 cm³/mol. The Morgan fingerprint density at radius 1 is 1.35 bits per heavy atom. The Hall–Kier alpha value is -2.07. The Morgan fingerprint density at radius 2 is 2.10 bits per heavy atom. The minimum Gasteiger partial charge on any atom is -0.472 e. The van der Waals surface area contributed by atoms with Crippen LogP contribution in [0.15, 0.2) is 53.3 Å². The van der Waals surface area contributed by atoms with Crippen LogP contribution < -0.4 is 0 Å². The molecule has 0 aliphatic carbocycles. The van der Waals surface area contributed by atoms with Crippen LogP contribution in [0, 0.1) is 0 Å². The van der Waals surface area contributed by atoms with Crippen LogP contribution in [0.5, 0.6) is 0 Å². The van der Waals surface area contributed by atoms with Crippen LogP contribution in [0.1, 0.15) is 30.5 Å². The van der Waals surface area contributed by atoms with Crippen molar-refractivity contribution in [3.05, 3.63) is 60.1 Å². The Balaban J connectivity index is 1.91. The van der Waals surface area contributed by atoms with Crippen LogP contribution in [0.3, 0.4) is 0 Å². The van der Waals surface area contributed by atoms with Crippen molar-refractivity contribution in [3.63, 3.8) is 0 Å². The molecule has 3 rings (SSSR count). The second-order valence-corrected chi connectivity index (χ2v) is 5.47. The highest BCUT2D eigenvalue weighted by Gasteiger charge is 2.47. The van der Waals surface area contributed by atoms with Gasteiger partial charge in [-0.05, 0) is 18.6 Å². The number of aliphatic hydroxyl groups is 1. The topological polar surface area (TPSA) is 53.7 Å². The third-order valence-electron chi connectivity index (χ3n) is 3.81. The molecule has 0 radical (unpaired) electrons. The first kappa shape index (κ1) is 12.9. The number of hydrogen-bond acceptors (Lipinski definition) is 3. The maximum atomic E-state index is 12.4. The van der Waals surface area contributed by atoms with Gasteiger partial charge in [0, 0.05) is 18.5 Å². The number of hydrogen-bond donors (Lipinski definition) is 1. The summed E-state index contributed by atoms with van der Waals surface area (Å²) in [5.74, 6) is -0.229. The molecule has 1 aromatic carbocycles. The summed E-state index contributed by atoms with van der Waals surface area (Å²) in [6.45, 7) is 2.07. The number of rotatable bonds is 3. The van der Waals surface area contributed by atoms with Crippen LogP contribution in [0.25, 0.3) is 0 Å². The molecule has 0 unspecified atom stereocenters. The van der Waals surface area contributed by atoms with E-state index < -0.39 is 5.60 Å². The van der Waals surface area contributed by atoms with Gasteiger partial charge in [-0.2, -0.15) is 0 Å². The van der Waals surface area contributed by atoms with E-state index in [0.29, 0.717) is 13.0 Å². The van der Waals surface area contributed by atoms with E-state index >= 15 is 0 Å². The van der Waals surface area contributed by atoms with Gasteiger partial charge in [-0.25, -0.2) is 0 Å². The van der Waals surface area contributed by atoms with Crippen LogP contribution >= 0.6 is 0 Å². The normalized spacial score (nSPS) is 26.2. The van der Waals surface area contributed by atoms with Gasteiger partial charge in [-0.15, -0.1) is 0 Å². The first-order chi connectivity index (χ1) is 9.58. The van der Waals surface area contributed by atoms with Crippen LogP contribution in [-0.2, 0) is 11.3 Å². The van der Waals surface area contributed by atoms with E-state index in [2.05, 4.69) is 0 Å². The monoisotopic (exact) mass is 271 g/mol. The first-order valence-corrected chi connectivity index (χ1v) is 6.67. The molecule has 1 fully saturated rings. The van der Waals surface area contributed by atoms with Crippen molar-refractivity contribution in [2.45, 2.75) is 31.5 Å². The molecule has 1 aliphatic heterocycles. The summed E-state index contributed by atoms with van der Waals surface area (Å²) in [6.07, 6.45) is 3.61. The third-order valence-corrected chi connectivity index (χ3v) is 3.81. The van der Waals surface area contributed by atoms with Gasteiger partial charge in [0.05, 0.1) is 18.6 Å². The number of benzene rings is 1. The first-order valence-electron chi connectivity index (χ1n) is 6.67. The summed E-state index contributed by atoms with van der Waals surface area (Å²) in [6, 6.07) is 11.5. The number of carbonyl (C=O) groups is 1. The molecule has 1 N–H and O–H groups in total. The third kappa shape index (κ3) is 2.23. The molecule has 0 bridgehead atoms. The fraction of sp³-hybridized carbons (Fsp3) is 0.312. The smallest absolute Gasteiger partial charge is 0.255 e. The molecule has 2 aromatic rings. The molecule has 0 spiro atoms. The number of amides is 1. The molecule has 104 valence electrons. The minimum atomic E-state index is -1.31. The van der Waals surface area contributed by atoms with E-state index in [1.54, 1.807) is 24.3 Å². The highest BCUT2D eigenvalue weighted by Crippen LogP contribution is 2.39. The molecule has 2 atom stereocenters. The number of carbonyl (C=O) groups excluding carboxylic acids is 1. The Bertz CT molecular complexity index is 589. The molecule has 1 saturated heterocycles. The average molecular weight is 271 g/mol. The largest absolute Gasteiger partial charge is 0.472 e. The van der Waals surface area contributed by atoms with Crippen molar-refractivity contribution in [2.75, 3.05) is 0 Å². The Kier molecular flexibility index (Phi) is 3.10. The number of likely N-dealkylation sites (tertiary alicyclic amines) is 1. The van der Waals surface area contributed by atoms with Crippen molar-refractivity contribution >= 4 is 5.91 Å². The highest BCUT2D eigenvalue weighted by molar-refractivity contribution is 5.87. The predicted octanol–water partition coefficient (Wildman–Crippen LogP) is 2.50. The van der Waals surface area contributed by atoms with E-state index in [9.17, 15) is 9.90 Å². The van der Waals surface area contributed by atoms with Crippen LogP contribution in [0.4, 0.5) is 0 Å². The van der Waals surface area contributed by atoms with Gasteiger partial charge in [0.1, 0.15) is 5.60 Å². The lowest BCUT2D eigenvalue weighted by Gasteiger charge is -2.24. The summed E-state index contributed by atoms with van der Waals surface area (Å²) in [5, 5.41) is 10.3. The Morgan fingerprint density at radius 3 is 2.75 bits per heavy atom. The lowest BCUT2D eigenvalue weighted by molar-refractivity contribution is -0.142. The van der Waals surface area contributed by atoms with E-state index in [1.807, 2.05) is 36.4 Å². The van der Waals surface area contributed by atoms with E-state index in [4.69, 9.17) is 4.42 Å². The molecule has 20 heavy (non-hydrogen) atoms. The van der Waals surface area contributed by atoms with Crippen molar-refractivity contribution in [1.82, 2.24) is 4.90 Å². The Labute approximate surface area is 117 Å². The fourth-order valence-electron chi connectivity index (χ4n) is 2.75. The average Bonchev–Trinajstić information content (AvgIpc) is 3.03. The molecule has 2 heterocycles. The molecular formula is C16H17NO3. The molecule has 1 aromatic heterocycles. The van der Waals surface area contributed by atoms with Gasteiger partial charge in [0.25, 0.3) is 5.91 Å². The zero-order valence-electron chi connectivity index (χ0n) is 11.3. The number of furan rings is 1. The summed E-state index contributed by atoms with van der Waals surface area (Å²) in [7, 11) is 0. The summed E-state index contributed by atoms with van der Waals surface area (Å²) in [4.78, 5) is 14.1. The molecule has 4 nitrogen and oxygen atoms in total.